The molecule has 0 saturated carbocycles. The Hall–Kier alpha value is -0.560. The smallest absolute Gasteiger partial charge is 0.168 e. The second kappa shape index (κ2) is 3.22. The Bertz CT molecular complexity index is 259. The summed E-state index contributed by atoms with van der Waals surface area (Å²) in [5.74, 6) is -0.381. The van der Waals surface area contributed by atoms with Gasteiger partial charge in [0.2, 0.25) is 0 Å². The van der Waals surface area contributed by atoms with Crippen molar-refractivity contribution in [3.05, 3.63) is 0 Å². The van der Waals surface area contributed by atoms with Gasteiger partial charge < -0.3 is 0 Å². The fraction of sp³-hybridized carbons (Fsp3) is 0.857. The van der Waals surface area contributed by atoms with E-state index in [-0.39, 0.29) is 5.75 Å². The van der Waals surface area contributed by atoms with Gasteiger partial charge in [-0.2, -0.15) is 5.26 Å². The van der Waals surface area contributed by atoms with Crippen LogP contribution in [-0.4, -0.2) is 18.9 Å². The van der Waals surface area contributed by atoms with Crippen LogP contribution in [0.15, 0.2) is 0 Å². The summed E-state index contributed by atoms with van der Waals surface area (Å²) in [6.07, 6.45) is 0.539. The van der Waals surface area contributed by atoms with Crippen LogP contribution in [0.25, 0.3) is 0 Å². The summed E-state index contributed by atoms with van der Waals surface area (Å²) >= 11 is 0. The van der Waals surface area contributed by atoms with Crippen LogP contribution in [0.3, 0.4) is 0 Å². The molecule has 64 valence electrons. The fourth-order valence-electron chi connectivity index (χ4n) is 0.500. The highest BCUT2D eigenvalue weighted by molar-refractivity contribution is 7.92. The van der Waals surface area contributed by atoms with Crippen molar-refractivity contribution in [2.75, 3.05) is 5.75 Å². The lowest BCUT2D eigenvalue weighted by Crippen LogP contribution is -2.32. The topological polar surface area (TPSA) is 57.9 Å². The summed E-state index contributed by atoms with van der Waals surface area (Å²) in [6, 6.07) is 1.66. The maximum absolute atomic E-state index is 11.3. The van der Waals surface area contributed by atoms with Gasteiger partial charge in [-0.05, 0) is 20.3 Å². The second-order valence-corrected chi connectivity index (χ2v) is 5.65. The Morgan fingerprint density at radius 1 is 1.45 bits per heavy atom. The SMILES string of the molecule is CCC(C)(C)S(=O)(=O)CC#N. The van der Waals surface area contributed by atoms with E-state index in [2.05, 4.69) is 0 Å². The predicted octanol–water partition coefficient (Wildman–Crippen LogP) is 1.11. The molecule has 11 heavy (non-hydrogen) atoms. The summed E-state index contributed by atoms with van der Waals surface area (Å²) in [4.78, 5) is 0. The molecule has 0 aliphatic heterocycles. The zero-order chi connectivity index (χ0) is 9.12. The minimum Gasteiger partial charge on any atom is -0.227 e. The van der Waals surface area contributed by atoms with E-state index in [0.29, 0.717) is 6.42 Å². The van der Waals surface area contributed by atoms with Crippen LogP contribution >= 0.6 is 0 Å². The van der Waals surface area contributed by atoms with Crippen LogP contribution in [0.5, 0.6) is 0 Å². The van der Waals surface area contributed by atoms with Crippen molar-refractivity contribution >= 4 is 9.84 Å². The van der Waals surface area contributed by atoms with Crippen LogP contribution in [0.2, 0.25) is 0 Å². The molecule has 0 aliphatic rings. The van der Waals surface area contributed by atoms with E-state index >= 15 is 0 Å². The van der Waals surface area contributed by atoms with Crippen molar-refractivity contribution in [3.63, 3.8) is 0 Å². The van der Waals surface area contributed by atoms with Gasteiger partial charge in [-0.25, -0.2) is 8.42 Å². The molecule has 0 spiro atoms. The van der Waals surface area contributed by atoms with Crippen molar-refractivity contribution in [3.8, 4) is 6.07 Å². The molecule has 0 radical (unpaired) electrons. The fourth-order valence-corrected chi connectivity index (χ4v) is 1.50. The largest absolute Gasteiger partial charge is 0.227 e. The molecule has 0 amide bonds. The Labute approximate surface area is 67.9 Å². The first-order valence-corrected chi connectivity index (χ1v) is 5.12. The van der Waals surface area contributed by atoms with Gasteiger partial charge in [0.1, 0.15) is 5.75 Å². The van der Waals surface area contributed by atoms with Crippen molar-refractivity contribution in [1.29, 1.82) is 5.26 Å². The predicted molar refractivity (Wildman–Crippen MR) is 43.8 cm³/mol. The summed E-state index contributed by atoms with van der Waals surface area (Å²) in [5, 5.41) is 8.23. The van der Waals surface area contributed by atoms with Crippen molar-refractivity contribution < 1.29 is 8.42 Å². The number of nitrogens with zero attached hydrogens (tertiary/aromatic N) is 1. The van der Waals surface area contributed by atoms with Crippen LogP contribution in [-0.2, 0) is 9.84 Å². The lowest BCUT2D eigenvalue weighted by atomic mass is 10.1. The van der Waals surface area contributed by atoms with Crippen LogP contribution in [0.4, 0.5) is 0 Å². The van der Waals surface area contributed by atoms with Gasteiger partial charge >= 0.3 is 0 Å². The third kappa shape index (κ3) is 2.19. The molecule has 0 aliphatic carbocycles. The molecule has 3 nitrogen and oxygen atoms in total. The molecule has 0 aromatic rings. The average Bonchev–Trinajstić information content (AvgIpc) is 1.87. The average molecular weight is 175 g/mol. The van der Waals surface area contributed by atoms with Crippen LogP contribution in [0.1, 0.15) is 27.2 Å². The molecule has 0 aromatic carbocycles. The summed E-state index contributed by atoms with van der Waals surface area (Å²) in [6.45, 7) is 5.08. The molecule has 0 fully saturated rings. The first-order valence-electron chi connectivity index (χ1n) is 3.46. The molecule has 0 unspecified atom stereocenters. The first kappa shape index (κ1) is 10.4. The normalized spacial score (nSPS) is 12.5. The number of rotatable bonds is 3. The van der Waals surface area contributed by atoms with Gasteiger partial charge in [-0.1, -0.05) is 6.92 Å². The van der Waals surface area contributed by atoms with Crippen molar-refractivity contribution in [1.82, 2.24) is 0 Å². The maximum Gasteiger partial charge on any atom is 0.168 e. The van der Waals surface area contributed by atoms with Gasteiger partial charge in [0.15, 0.2) is 9.84 Å². The summed E-state index contributed by atoms with van der Waals surface area (Å²) < 4.78 is 21.8. The van der Waals surface area contributed by atoms with E-state index in [1.807, 2.05) is 0 Å². The highest BCUT2D eigenvalue weighted by Gasteiger charge is 2.31. The third-order valence-corrected chi connectivity index (χ3v) is 4.43. The molecular formula is C7H13NO2S. The van der Waals surface area contributed by atoms with E-state index in [1.54, 1.807) is 26.8 Å². The molecule has 0 heterocycles. The Balaban J connectivity index is 4.73. The van der Waals surface area contributed by atoms with Gasteiger partial charge in [-0.3, -0.25) is 0 Å². The molecule has 0 bridgehead atoms. The highest BCUT2D eigenvalue weighted by Crippen LogP contribution is 2.20. The van der Waals surface area contributed by atoms with E-state index in [1.165, 1.54) is 0 Å². The highest BCUT2D eigenvalue weighted by atomic mass is 32.2. The molecule has 0 atom stereocenters. The number of nitriles is 1. The van der Waals surface area contributed by atoms with Crippen molar-refractivity contribution in [2.24, 2.45) is 0 Å². The lowest BCUT2D eigenvalue weighted by Gasteiger charge is -2.20. The van der Waals surface area contributed by atoms with Gasteiger partial charge in [0.25, 0.3) is 0 Å². The second-order valence-electron chi connectivity index (χ2n) is 3.03. The lowest BCUT2D eigenvalue weighted by molar-refractivity contribution is 0.542. The van der Waals surface area contributed by atoms with Crippen LogP contribution in [0, 0.1) is 11.3 Å². The molecule has 0 N–H and O–H groups in total. The van der Waals surface area contributed by atoms with E-state index in [9.17, 15) is 8.42 Å². The Morgan fingerprint density at radius 2 is 1.91 bits per heavy atom. The monoisotopic (exact) mass is 175 g/mol. The zero-order valence-corrected chi connectivity index (χ0v) is 7.90. The Kier molecular flexibility index (Phi) is 3.06. The number of hydrogen-bond acceptors (Lipinski definition) is 3. The van der Waals surface area contributed by atoms with Crippen LogP contribution < -0.4 is 0 Å². The van der Waals surface area contributed by atoms with Gasteiger partial charge in [0, 0.05) is 0 Å². The minimum atomic E-state index is -3.22. The molecule has 0 saturated heterocycles. The van der Waals surface area contributed by atoms with Gasteiger partial charge in [-0.15, -0.1) is 0 Å². The first-order chi connectivity index (χ1) is 4.87. The summed E-state index contributed by atoms with van der Waals surface area (Å²) in [5.41, 5.74) is 0. The standard InChI is InChI=1S/C7H13NO2S/c1-4-7(2,3)11(9,10)6-5-8/h4,6H2,1-3H3. The third-order valence-electron chi connectivity index (χ3n) is 1.95. The Morgan fingerprint density at radius 3 is 2.18 bits per heavy atom. The molecular weight excluding hydrogens is 162 g/mol. The summed E-state index contributed by atoms with van der Waals surface area (Å²) in [7, 11) is -3.22. The van der Waals surface area contributed by atoms with E-state index in [0.717, 1.165) is 0 Å². The quantitative estimate of drug-likeness (QED) is 0.645. The van der Waals surface area contributed by atoms with E-state index in [4.69, 9.17) is 5.26 Å². The van der Waals surface area contributed by atoms with Crippen molar-refractivity contribution in [2.45, 2.75) is 31.9 Å². The number of sulfone groups is 1. The maximum atomic E-state index is 11.3. The van der Waals surface area contributed by atoms with E-state index < -0.39 is 14.6 Å². The van der Waals surface area contributed by atoms with Gasteiger partial charge in [0.05, 0.1) is 10.8 Å². The zero-order valence-electron chi connectivity index (χ0n) is 7.09. The molecule has 0 aromatic heterocycles. The molecule has 4 heteroatoms. The minimum absolute atomic E-state index is 0.381. The number of hydrogen-bond donors (Lipinski definition) is 0. The molecule has 0 rings (SSSR count).